The number of anilines is 2. The van der Waals surface area contributed by atoms with E-state index in [2.05, 4.69) is 10.2 Å². The zero-order valence-electron chi connectivity index (χ0n) is 19.1. The highest BCUT2D eigenvalue weighted by Crippen LogP contribution is 2.26. The number of Topliss-reactive ketones (excluding diaryl/α,β-unsaturated/α-hetero) is 2. The SMILES string of the molecule is Cc1cc(NCC2CO2)ccc1C(=O)CC(=O)c1ccc(N(CC2CO2)CC2CO2)cc1C. The van der Waals surface area contributed by atoms with Crippen LogP contribution in [0.3, 0.4) is 0 Å². The molecule has 7 nitrogen and oxygen atoms in total. The predicted octanol–water partition coefficient (Wildman–Crippen LogP) is 3.17. The number of benzene rings is 2. The van der Waals surface area contributed by atoms with E-state index in [1.54, 1.807) is 6.07 Å². The van der Waals surface area contributed by atoms with E-state index in [-0.39, 0.29) is 36.3 Å². The molecule has 0 bridgehead atoms. The Morgan fingerprint density at radius 3 is 1.91 bits per heavy atom. The van der Waals surface area contributed by atoms with Crippen molar-refractivity contribution in [3.05, 3.63) is 58.7 Å². The van der Waals surface area contributed by atoms with Crippen molar-refractivity contribution in [2.75, 3.05) is 49.7 Å². The van der Waals surface area contributed by atoms with Gasteiger partial charge in [-0.05, 0) is 61.4 Å². The lowest BCUT2D eigenvalue weighted by atomic mass is 9.95. The number of nitrogens with zero attached hydrogens (tertiary/aromatic N) is 1. The van der Waals surface area contributed by atoms with Gasteiger partial charge in [0.15, 0.2) is 11.6 Å². The van der Waals surface area contributed by atoms with Gasteiger partial charge in [-0.15, -0.1) is 0 Å². The Balaban J connectivity index is 1.23. The third kappa shape index (κ3) is 5.79. The normalized spacial score (nSPS) is 22.5. The first kappa shape index (κ1) is 22.1. The van der Waals surface area contributed by atoms with E-state index >= 15 is 0 Å². The van der Waals surface area contributed by atoms with Crippen LogP contribution in [0.4, 0.5) is 11.4 Å². The molecule has 3 fully saturated rings. The average molecular weight is 451 g/mol. The summed E-state index contributed by atoms with van der Waals surface area (Å²) < 4.78 is 16.0. The van der Waals surface area contributed by atoms with E-state index in [4.69, 9.17) is 14.2 Å². The molecule has 3 aliphatic rings. The van der Waals surface area contributed by atoms with E-state index in [0.717, 1.165) is 62.0 Å². The Bertz CT molecular complexity index is 1040. The summed E-state index contributed by atoms with van der Waals surface area (Å²) in [5.74, 6) is -0.310. The molecular formula is C26H30N2O5. The van der Waals surface area contributed by atoms with Gasteiger partial charge in [-0.3, -0.25) is 9.59 Å². The Hall–Kier alpha value is -2.74. The van der Waals surface area contributed by atoms with Gasteiger partial charge < -0.3 is 24.4 Å². The van der Waals surface area contributed by atoms with Crippen LogP contribution in [0.5, 0.6) is 0 Å². The summed E-state index contributed by atoms with van der Waals surface area (Å²) in [6.45, 7) is 8.63. The van der Waals surface area contributed by atoms with Gasteiger partial charge in [0.1, 0.15) is 0 Å². The number of aryl methyl sites for hydroxylation is 2. The molecule has 2 aromatic carbocycles. The topological polar surface area (TPSA) is 87.0 Å². The van der Waals surface area contributed by atoms with E-state index in [1.165, 1.54) is 0 Å². The smallest absolute Gasteiger partial charge is 0.170 e. The van der Waals surface area contributed by atoms with Crippen molar-refractivity contribution in [2.24, 2.45) is 0 Å². The van der Waals surface area contributed by atoms with Crippen molar-refractivity contribution >= 4 is 22.9 Å². The molecule has 0 amide bonds. The number of carbonyl (C=O) groups excluding carboxylic acids is 2. The third-order valence-electron chi connectivity index (χ3n) is 6.31. The van der Waals surface area contributed by atoms with Gasteiger partial charge in [0, 0.05) is 42.1 Å². The molecule has 1 N–H and O–H groups in total. The Morgan fingerprint density at radius 2 is 1.39 bits per heavy atom. The van der Waals surface area contributed by atoms with Gasteiger partial charge in [-0.25, -0.2) is 0 Å². The number of epoxide rings is 3. The molecule has 0 aliphatic carbocycles. The molecule has 0 spiro atoms. The highest BCUT2D eigenvalue weighted by molar-refractivity contribution is 6.14. The molecule has 0 saturated carbocycles. The van der Waals surface area contributed by atoms with E-state index in [1.807, 2.05) is 44.2 Å². The summed E-state index contributed by atoms with van der Waals surface area (Å²) in [6, 6.07) is 11.5. The highest BCUT2D eigenvalue weighted by atomic mass is 16.6. The first-order valence-corrected chi connectivity index (χ1v) is 11.6. The standard InChI is InChI=1S/C26H30N2O5/c1-16-7-18(27-10-20-13-31-20)3-5-23(16)25(29)9-26(30)24-6-4-19(8-17(24)2)28(11-21-14-32-21)12-22-15-33-22/h3-8,20-22,27H,9-15H2,1-2H3. The Labute approximate surface area is 194 Å². The molecule has 174 valence electrons. The zero-order chi connectivity index (χ0) is 22.9. The lowest BCUT2D eigenvalue weighted by Crippen LogP contribution is -2.31. The van der Waals surface area contributed by atoms with Crippen molar-refractivity contribution in [2.45, 2.75) is 38.6 Å². The summed E-state index contributed by atoms with van der Waals surface area (Å²) in [4.78, 5) is 28.1. The maximum absolute atomic E-state index is 13.0. The number of ether oxygens (including phenoxy) is 3. The third-order valence-corrected chi connectivity index (χ3v) is 6.31. The summed E-state index contributed by atoms with van der Waals surface area (Å²) in [7, 11) is 0. The van der Waals surface area contributed by atoms with Crippen LogP contribution in [0.15, 0.2) is 36.4 Å². The van der Waals surface area contributed by atoms with Crippen LogP contribution in [0.2, 0.25) is 0 Å². The maximum atomic E-state index is 13.0. The monoisotopic (exact) mass is 450 g/mol. The summed E-state index contributed by atoms with van der Waals surface area (Å²) in [5.41, 5.74) is 4.93. The lowest BCUT2D eigenvalue weighted by Gasteiger charge is -2.24. The second-order valence-corrected chi connectivity index (χ2v) is 9.20. The first-order chi connectivity index (χ1) is 16.0. The van der Waals surface area contributed by atoms with E-state index < -0.39 is 0 Å². The first-order valence-electron chi connectivity index (χ1n) is 11.6. The van der Waals surface area contributed by atoms with Crippen molar-refractivity contribution in [3.8, 4) is 0 Å². The number of nitrogens with one attached hydrogen (secondary N) is 1. The summed E-state index contributed by atoms with van der Waals surface area (Å²) in [6.07, 6.45) is 0.693. The summed E-state index contributed by atoms with van der Waals surface area (Å²) >= 11 is 0. The van der Waals surface area contributed by atoms with Crippen molar-refractivity contribution < 1.29 is 23.8 Å². The largest absolute Gasteiger partial charge is 0.382 e. The minimum absolute atomic E-state index is 0.140. The fraction of sp³-hybridized carbons (Fsp3) is 0.462. The Kier molecular flexibility index (Phi) is 6.19. The number of carbonyl (C=O) groups is 2. The van der Waals surface area contributed by atoms with Gasteiger partial charge >= 0.3 is 0 Å². The van der Waals surface area contributed by atoms with Crippen LogP contribution in [0.1, 0.15) is 38.3 Å². The molecule has 3 atom stereocenters. The predicted molar refractivity (Wildman–Crippen MR) is 126 cm³/mol. The van der Waals surface area contributed by atoms with Gasteiger partial charge in [0.25, 0.3) is 0 Å². The Morgan fingerprint density at radius 1 is 0.848 bits per heavy atom. The van der Waals surface area contributed by atoms with Gasteiger partial charge in [-0.2, -0.15) is 0 Å². The van der Waals surface area contributed by atoms with E-state index in [9.17, 15) is 9.59 Å². The maximum Gasteiger partial charge on any atom is 0.170 e. The second kappa shape index (κ2) is 9.25. The number of hydrogen-bond donors (Lipinski definition) is 1. The molecule has 3 saturated heterocycles. The number of hydrogen-bond acceptors (Lipinski definition) is 7. The van der Waals surface area contributed by atoms with Crippen molar-refractivity contribution in [3.63, 3.8) is 0 Å². The molecule has 0 radical (unpaired) electrons. The molecule has 2 aromatic rings. The molecule has 0 aromatic heterocycles. The van der Waals surface area contributed by atoms with E-state index in [0.29, 0.717) is 11.1 Å². The molecular weight excluding hydrogens is 420 g/mol. The van der Waals surface area contributed by atoms with Gasteiger partial charge in [-0.1, -0.05) is 0 Å². The van der Waals surface area contributed by atoms with Gasteiger partial charge in [0.05, 0.1) is 44.6 Å². The van der Waals surface area contributed by atoms with Crippen molar-refractivity contribution in [1.82, 2.24) is 0 Å². The van der Waals surface area contributed by atoms with Crippen molar-refractivity contribution in [1.29, 1.82) is 0 Å². The highest BCUT2D eigenvalue weighted by Gasteiger charge is 2.31. The molecule has 5 rings (SSSR count). The zero-order valence-corrected chi connectivity index (χ0v) is 19.1. The molecule has 3 heterocycles. The van der Waals surface area contributed by atoms with Gasteiger partial charge in [0.2, 0.25) is 0 Å². The van der Waals surface area contributed by atoms with Crippen LogP contribution in [0, 0.1) is 13.8 Å². The molecule has 33 heavy (non-hydrogen) atoms. The minimum atomic E-state index is -0.156. The van der Waals surface area contributed by atoms with Crippen LogP contribution in [0.25, 0.3) is 0 Å². The second-order valence-electron chi connectivity index (χ2n) is 9.20. The van der Waals surface area contributed by atoms with Crippen LogP contribution >= 0.6 is 0 Å². The molecule has 3 unspecified atom stereocenters. The van der Waals surface area contributed by atoms with Crippen LogP contribution in [-0.2, 0) is 14.2 Å². The lowest BCUT2D eigenvalue weighted by molar-refractivity contribution is 0.0893. The average Bonchev–Trinajstić information content (AvgIpc) is 3.63. The fourth-order valence-corrected chi connectivity index (χ4v) is 4.12. The number of rotatable bonds is 12. The quantitative estimate of drug-likeness (QED) is 0.302. The van der Waals surface area contributed by atoms with Crippen LogP contribution in [-0.4, -0.2) is 69.3 Å². The molecule has 7 heteroatoms. The number of ketones is 2. The fourth-order valence-electron chi connectivity index (χ4n) is 4.12. The summed E-state index contributed by atoms with van der Waals surface area (Å²) in [5, 5.41) is 3.31. The van der Waals surface area contributed by atoms with Crippen LogP contribution < -0.4 is 10.2 Å². The minimum Gasteiger partial charge on any atom is -0.382 e. The molecule has 3 aliphatic heterocycles.